The lowest BCUT2D eigenvalue weighted by molar-refractivity contribution is -0.139. The summed E-state index contributed by atoms with van der Waals surface area (Å²) in [6.45, 7) is 5.67. The lowest BCUT2D eigenvalue weighted by atomic mass is 10.0. The second-order valence-corrected chi connectivity index (χ2v) is 5.68. The van der Waals surface area contributed by atoms with Crippen molar-refractivity contribution in [3.05, 3.63) is 41.1 Å². The number of esters is 2. The molecule has 1 aromatic carbocycles. The number of ether oxygens (including phenoxy) is 3. The highest BCUT2D eigenvalue weighted by molar-refractivity contribution is 5.95. The van der Waals surface area contributed by atoms with Crippen LogP contribution in [0.5, 0.6) is 5.75 Å². The van der Waals surface area contributed by atoms with Gasteiger partial charge in [0.25, 0.3) is 0 Å². The Bertz CT molecular complexity index is 743. The largest absolute Gasteiger partial charge is 0.493 e. The van der Waals surface area contributed by atoms with Crippen LogP contribution >= 0.6 is 0 Å². The number of hydrogen-bond donors (Lipinski definition) is 2. The van der Waals surface area contributed by atoms with E-state index < -0.39 is 24.0 Å². The third-order valence-electron chi connectivity index (χ3n) is 3.90. The van der Waals surface area contributed by atoms with Gasteiger partial charge in [-0.05, 0) is 32.4 Å². The van der Waals surface area contributed by atoms with E-state index in [1.54, 1.807) is 31.2 Å². The first-order valence-corrected chi connectivity index (χ1v) is 8.88. The molecule has 2 rings (SSSR count). The van der Waals surface area contributed by atoms with E-state index in [2.05, 4.69) is 10.6 Å². The Kier molecular flexibility index (Phi) is 7.22. The van der Waals surface area contributed by atoms with Crippen LogP contribution in [0.4, 0.5) is 4.79 Å². The number of urea groups is 1. The quantitative estimate of drug-likeness (QED) is 0.674. The zero-order valence-electron chi connectivity index (χ0n) is 15.7. The van der Waals surface area contributed by atoms with E-state index in [-0.39, 0.29) is 30.0 Å². The molecule has 0 saturated heterocycles. The second kappa shape index (κ2) is 9.61. The lowest BCUT2D eigenvalue weighted by Crippen LogP contribution is -2.51. The van der Waals surface area contributed by atoms with Gasteiger partial charge in [0.1, 0.15) is 17.9 Å². The highest BCUT2D eigenvalue weighted by Crippen LogP contribution is 2.21. The van der Waals surface area contributed by atoms with E-state index in [4.69, 9.17) is 14.2 Å². The molecule has 1 aliphatic heterocycles. The third-order valence-corrected chi connectivity index (χ3v) is 3.90. The molecular formula is C19H24N2O6. The summed E-state index contributed by atoms with van der Waals surface area (Å²) in [4.78, 5) is 36.6. The van der Waals surface area contributed by atoms with Gasteiger partial charge in [0.2, 0.25) is 0 Å². The average molecular weight is 376 g/mol. The first-order chi connectivity index (χ1) is 13.0. The lowest BCUT2D eigenvalue weighted by Gasteiger charge is -2.28. The summed E-state index contributed by atoms with van der Waals surface area (Å²) in [5.41, 5.74) is 0.737. The Labute approximate surface area is 157 Å². The predicted octanol–water partition coefficient (Wildman–Crippen LogP) is 2.15. The average Bonchev–Trinajstić information content (AvgIpc) is 2.66. The molecule has 0 radical (unpaired) electrons. The van der Waals surface area contributed by atoms with Crippen LogP contribution in [-0.4, -0.2) is 43.8 Å². The summed E-state index contributed by atoms with van der Waals surface area (Å²) in [6, 6.07) is 5.73. The Hall–Kier alpha value is -3.03. The molecule has 1 aromatic rings. The molecule has 0 aromatic heterocycles. The van der Waals surface area contributed by atoms with Crippen molar-refractivity contribution in [3.63, 3.8) is 0 Å². The molecule has 0 aliphatic carbocycles. The molecule has 146 valence electrons. The number of rotatable bonds is 8. The minimum absolute atomic E-state index is 0.196. The van der Waals surface area contributed by atoms with Crippen molar-refractivity contribution in [2.24, 2.45) is 0 Å². The molecule has 1 heterocycles. The van der Waals surface area contributed by atoms with Crippen LogP contribution in [0.2, 0.25) is 0 Å². The van der Waals surface area contributed by atoms with Gasteiger partial charge >= 0.3 is 18.0 Å². The van der Waals surface area contributed by atoms with Gasteiger partial charge in [-0.15, -0.1) is 0 Å². The van der Waals surface area contributed by atoms with Gasteiger partial charge in [-0.25, -0.2) is 14.4 Å². The number of para-hydroxylation sites is 1. The summed E-state index contributed by atoms with van der Waals surface area (Å²) in [5, 5.41) is 5.20. The molecule has 1 aliphatic rings. The fourth-order valence-corrected chi connectivity index (χ4v) is 2.71. The number of benzene rings is 1. The van der Waals surface area contributed by atoms with E-state index in [1.807, 2.05) is 13.8 Å². The van der Waals surface area contributed by atoms with Gasteiger partial charge in [-0.2, -0.15) is 0 Å². The van der Waals surface area contributed by atoms with Gasteiger partial charge in [-0.3, -0.25) is 0 Å². The molecule has 27 heavy (non-hydrogen) atoms. The zero-order chi connectivity index (χ0) is 19.8. The number of amides is 2. The van der Waals surface area contributed by atoms with E-state index in [9.17, 15) is 14.4 Å². The van der Waals surface area contributed by atoms with Crippen LogP contribution < -0.4 is 15.4 Å². The summed E-state index contributed by atoms with van der Waals surface area (Å²) in [5.74, 6) is -0.765. The minimum atomic E-state index is -0.615. The van der Waals surface area contributed by atoms with E-state index >= 15 is 0 Å². The van der Waals surface area contributed by atoms with Gasteiger partial charge in [0.05, 0.1) is 30.5 Å². The minimum Gasteiger partial charge on any atom is -0.493 e. The van der Waals surface area contributed by atoms with Crippen molar-refractivity contribution in [1.82, 2.24) is 10.6 Å². The van der Waals surface area contributed by atoms with E-state index in [0.29, 0.717) is 18.8 Å². The normalized spacial score (nSPS) is 16.3. The predicted molar refractivity (Wildman–Crippen MR) is 97.3 cm³/mol. The number of hydrogen-bond acceptors (Lipinski definition) is 6. The van der Waals surface area contributed by atoms with Crippen LogP contribution in [0.1, 0.15) is 37.6 Å². The van der Waals surface area contributed by atoms with Crippen molar-refractivity contribution in [1.29, 1.82) is 0 Å². The van der Waals surface area contributed by atoms with Crippen LogP contribution in [0.15, 0.2) is 35.5 Å². The van der Waals surface area contributed by atoms with Crippen molar-refractivity contribution in [2.45, 2.75) is 33.2 Å². The van der Waals surface area contributed by atoms with Crippen molar-refractivity contribution in [3.8, 4) is 5.75 Å². The molecule has 2 N–H and O–H groups in total. The number of carbonyl (C=O) groups excluding carboxylic acids is 3. The molecule has 8 heteroatoms. The standard InChI is InChI=1S/C19H24N2O6/c1-4-13-16(18(23)26-6-3)14(21-19(24)20-13)11-27-17(22)12-9-7-8-10-15(12)25-5-2/h7-10,13H,4-6,11H2,1-3H3,(H2,20,21,24). The summed E-state index contributed by atoms with van der Waals surface area (Å²) < 4.78 is 15.8. The fraction of sp³-hybridized carbons (Fsp3) is 0.421. The summed E-state index contributed by atoms with van der Waals surface area (Å²) in [7, 11) is 0. The van der Waals surface area contributed by atoms with Crippen LogP contribution in [0.3, 0.4) is 0 Å². The van der Waals surface area contributed by atoms with E-state index in [0.717, 1.165) is 0 Å². The third kappa shape index (κ3) is 4.99. The zero-order valence-corrected chi connectivity index (χ0v) is 15.7. The van der Waals surface area contributed by atoms with Crippen LogP contribution in [0.25, 0.3) is 0 Å². The van der Waals surface area contributed by atoms with Crippen LogP contribution in [-0.2, 0) is 14.3 Å². The topological polar surface area (TPSA) is 103 Å². The Morgan fingerprint density at radius 3 is 2.44 bits per heavy atom. The maximum absolute atomic E-state index is 12.4. The number of nitrogens with one attached hydrogen (secondary N) is 2. The van der Waals surface area contributed by atoms with Crippen LogP contribution in [0, 0.1) is 0 Å². The molecule has 1 atom stereocenters. The molecule has 2 amide bonds. The highest BCUT2D eigenvalue weighted by atomic mass is 16.5. The summed E-state index contributed by atoms with van der Waals surface area (Å²) >= 11 is 0. The Balaban J connectivity index is 2.23. The van der Waals surface area contributed by atoms with Crippen molar-refractivity contribution < 1.29 is 28.6 Å². The van der Waals surface area contributed by atoms with Gasteiger partial charge < -0.3 is 24.8 Å². The SMILES string of the molecule is CCOC(=O)C1=C(COC(=O)c2ccccc2OCC)NC(=O)NC1CC. The molecule has 0 bridgehead atoms. The first kappa shape index (κ1) is 20.3. The molecule has 8 nitrogen and oxygen atoms in total. The molecule has 0 saturated carbocycles. The monoisotopic (exact) mass is 376 g/mol. The molecular weight excluding hydrogens is 352 g/mol. The van der Waals surface area contributed by atoms with Gasteiger partial charge in [0.15, 0.2) is 0 Å². The smallest absolute Gasteiger partial charge is 0.342 e. The van der Waals surface area contributed by atoms with E-state index in [1.165, 1.54) is 0 Å². The number of carbonyl (C=O) groups is 3. The molecule has 0 spiro atoms. The molecule has 0 fully saturated rings. The summed E-state index contributed by atoms with van der Waals surface area (Å²) in [6.07, 6.45) is 0.492. The van der Waals surface area contributed by atoms with Crippen molar-refractivity contribution in [2.75, 3.05) is 19.8 Å². The Morgan fingerprint density at radius 2 is 1.78 bits per heavy atom. The molecule has 1 unspecified atom stereocenters. The fourth-order valence-electron chi connectivity index (χ4n) is 2.71. The van der Waals surface area contributed by atoms with Crippen molar-refractivity contribution >= 4 is 18.0 Å². The maximum Gasteiger partial charge on any atom is 0.342 e. The Morgan fingerprint density at radius 1 is 1.04 bits per heavy atom. The maximum atomic E-state index is 12.4. The second-order valence-electron chi connectivity index (χ2n) is 5.68. The van der Waals surface area contributed by atoms with Gasteiger partial charge in [-0.1, -0.05) is 19.1 Å². The van der Waals surface area contributed by atoms with Gasteiger partial charge in [0, 0.05) is 0 Å². The first-order valence-electron chi connectivity index (χ1n) is 8.88. The highest BCUT2D eigenvalue weighted by Gasteiger charge is 2.32.